The quantitative estimate of drug-likeness (QED) is 0.536. The first-order chi connectivity index (χ1) is 8.19. The molecule has 0 N–H and O–H groups in total. The highest BCUT2D eigenvalue weighted by Gasteiger charge is 2.13. The molecule has 1 unspecified atom stereocenters. The molecule has 0 aliphatic heterocycles. The second kappa shape index (κ2) is 8.31. The Labute approximate surface area is 122 Å². The Hall–Kier alpha value is 0.180. The normalized spacial score (nSPS) is 13.0. The van der Waals surface area contributed by atoms with Gasteiger partial charge in [-0.2, -0.15) is 0 Å². The second-order valence-electron chi connectivity index (χ2n) is 4.77. The van der Waals surface area contributed by atoms with Crippen LogP contribution >= 0.6 is 31.9 Å². The van der Waals surface area contributed by atoms with Gasteiger partial charge in [-0.25, -0.2) is 0 Å². The number of hydrogen-bond donors (Lipinski definition) is 0. The number of alkyl halides is 1. The van der Waals surface area contributed by atoms with E-state index >= 15 is 0 Å². The van der Waals surface area contributed by atoms with Gasteiger partial charge in [0.1, 0.15) is 0 Å². The fraction of sp³-hybridized carbons (Fsp3) is 0.600. The molecule has 0 fully saturated rings. The first-order valence-corrected chi connectivity index (χ1v) is 8.41. The van der Waals surface area contributed by atoms with Gasteiger partial charge in [0.05, 0.1) is 0 Å². The van der Waals surface area contributed by atoms with Crippen LogP contribution in [0.15, 0.2) is 28.7 Å². The molecule has 0 amide bonds. The monoisotopic (exact) mass is 360 g/mol. The minimum atomic E-state index is 0.759. The van der Waals surface area contributed by atoms with Gasteiger partial charge in [0.15, 0.2) is 0 Å². The summed E-state index contributed by atoms with van der Waals surface area (Å²) < 4.78 is 1.19. The van der Waals surface area contributed by atoms with E-state index < -0.39 is 0 Å². The van der Waals surface area contributed by atoms with Gasteiger partial charge < -0.3 is 0 Å². The summed E-state index contributed by atoms with van der Waals surface area (Å²) in [6.45, 7) is 4.61. The molecule has 0 saturated heterocycles. The van der Waals surface area contributed by atoms with E-state index in [0.29, 0.717) is 0 Å². The second-order valence-corrected chi connectivity index (χ2v) is 6.34. The van der Waals surface area contributed by atoms with E-state index in [1.165, 1.54) is 35.7 Å². The van der Waals surface area contributed by atoms with Gasteiger partial charge in [0.2, 0.25) is 0 Å². The van der Waals surface area contributed by atoms with Crippen molar-refractivity contribution in [3.8, 4) is 0 Å². The van der Waals surface area contributed by atoms with Gasteiger partial charge >= 0.3 is 0 Å². The lowest BCUT2D eigenvalue weighted by molar-refractivity contribution is 0.374. The van der Waals surface area contributed by atoms with Gasteiger partial charge in [-0.1, -0.05) is 70.7 Å². The molecule has 1 atom stereocenters. The molecule has 0 saturated carbocycles. The zero-order valence-electron chi connectivity index (χ0n) is 10.8. The summed E-state index contributed by atoms with van der Waals surface area (Å²) >= 11 is 7.21. The molecule has 0 nitrogen and oxygen atoms in total. The Morgan fingerprint density at radius 3 is 2.35 bits per heavy atom. The van der Waals surface area contributed by atoms with E-state index in [1.54, 1.807) is 0 Å². The SMILES string of the molecule is CCC(CC)CC(CBr)Cc1cccc(Br)c1. The minimum Gasteiger partial charge on any atom is -0.0925 e. The van der Waals surface area contributed by atoms with Crippen LogP contribution in [0.2, 0.25) is 0 Å². The summed E-state index contributed by atoms with van der Waals surface area (Å²) in [5, 5.41) is 1.11. The number of benzene rings is 1. The average molecular weight is 362 g/mol. The lowest BCUT2D eigenvalue weighted by atomic mass is 9.88. The van der Waals surface area contributed by atoms with E-state index in [-0.39, 0.29) is 0 Å². The zero-order valence-corrected chi connectivity index (χ0v) is 13.9. The number of halogens is 2. The summed E-state index contributed by atoms with van der Waals surface area (Å²) in [7, 11) is 0. The molecule has 1 rings (SSSR count). The molecule has 0 bridgehead atoms. The molecule has 0 spiro atoms. The third kappa shape index (κ3) is 5.56. The zero-order chi connectivity index (χ0) is 12.7. The Bertz CT molecular complexity index is 318. The highest BCUT2D eigenvalue weighted by atomic mass is 79.9. The van der Waals surface area contributed by atoms with Crippen molar-refractivity contribution in [2.45, 2.75) is 39.5 Å². The Morgan fingerprint density at radius 1 is 1.12 bits per heavy atom. The third-order valence-electron chi connectivity index (χ3n) is 3.45. The van der Waals surface area contributed by atoms with Crippen molar-refractivity contribution in [2.75, 3.05) is 5.33 Å². The van der Waals surface area contributed by atoms with Crippen LogP contribution in [0.4, 0.5) is 0 Å². The first kappa shape index (κ1) is 15.2. The average Bonchev–Trinajstić information content (AvgIpc) is 2.34. The van der Waals surface area contributed by atoms with Crippen LogP contribution in [-0.4, -0.2) is 5.33 Å². The summed E-state index contributed by atoms with van der Waals surface area (Å²) in [6, 6.07) is 8.69. The topological polar surface area (TPSA) is 0 Å². The standard InChI is InChI=1S/C15H22Br2/c1-3-12(4-2)8-14(11-16)9-13-6-5-7-15(17)10-13/h5-7,10,12,14H,3-4,8-9,11H2,1-2H3. The van der Waals surface area contributed by atoms with Gasteiger partial charge in [-0.15, -0.1) is 0 Å². The molecular formula is C15H22Br2. The highest BCUT2D eigenvalue weighted by Crippen LogP contribution is 2.24. The van der Waals surface area contributed by atoms with E-state index in [9.17, 15) is 0 Å². The van der Waals surface area contributed by atoms with Crippen LogP contribution in [-0.2, 0) is 6.42 Å². The van der Waals surface area contributed by atoms with Crippen LogP contribution in [0.25, 0.3) is 0 Å². The molecule has 0 radical (unpaired) electrons. The van der Waals surface area contributed by atoms with Crippen molar-refractivity contribution in [3.63, 3.8) is 0 Å². The highest BCUT2D eigenvalue weighted by molar-refractivity contribution is 9.10. The molecule has 0 aliphatic carbocycles. The van der Waals surface area contributed by atoms with Crippen molar-refractivity contribution in [2.24, 2.45) is 11.8 Å². The smallest absolute Gasteiger partial charge is 0.0177 e. The lowest BCUT2D eigenvalue weighted by Gasteiger charge is -2.20. The van der Waals surface area contributed by atoms with E-state index in [1.807, 2.05) is 0 Å². The molecular weight excluding hydrogens is 340 g/mol. The minimum absolute atomic E-state index is 0.759. The van der Waals surface area contributed by atoms with Crippen LogP contribution in [0.5, 0.6) is 0 Å². The first-order valence-electron chi connectivity index (χ1n) is 6.49. The molecule has 1 aromatic rings. The summed E-state index contributed by atoms with van der Waals surface area (Å²) in [5.74, 6) is 1.64. The van der Waals surface area contributed by atoms with E-state index in [4.69, 9.17) is 0 Å². The van der Waals surface area contributed by atoms with Crippen molar-refractivity contribution in [1.29, 1.82) is 0 Å². The molecule has 2 heteroatoms. The molecule has 17 heavy (non-hydrogen) atoms. The maximum absolute atomic E-state index is 3.67. The van der Waals surface area contributed by atoms with Crippen LogP contribution in [0.3, 0.4) is 0 Å². The van der Waals surface area contributed by atoms with Crippen LogP contribution in [0.1, 0.15) is 38.7 Å². The number of hydrogen-bond acceptors (Lipinski definition) is 0. The Kier molecular flexibility index (Phi) is 7.45. The fourth-order valence-electron chi connectivity index (χ4n) is 2.29. The predicted molar refractivity (Wildman–Crippen MR) is 83.8 cm³/mol. The molecule has 96 valence electrons. The van der Waals surface area contributed by atoms with Crippen LogP contribution in [0, 0.1) is 11.8 Å². The molecule has 0 heterocycles. The maximum Gasteiger partial charge on any atom is 0.0177 e. The van der Waals surface area contributed by atoms with E-state index in [2.05, 4.69) is 70.0 Å². The molecule has 0 aliphatic rings. The lowest BCUT2D eigenvalue weighted by Crippen LogP contribution is -2.12. The predicted octanol–water partition coefficient (Wildman–Crippen LogP) is 5.83. The van der Waals surface area contributed by atoms with Crippen molar-refractivity contribution in [3.05, 3.63) is 34.3 Å². The summed E-state index contributed by atoms with van der Waals surface area (Å²) in [4.78, 5) is 0. The van der Waals surface area contributed by atoms with Crippen molar-refractivity contribution in [1.82, 2.24) is 0 Å². The molecule has 1 aromatic carbocycles. The summed E-state index contributed by atoms with van der Waals surface area (Å²) in [6.07, 6.45) is 5.13. The molecule has 0 aromatic heterocycles. The Morgan fingerprint density at radius 2 is 1.82 bits per heavy atom. The van der Waals surface area contributed by atoms with Gasteiger partial charge in [0.25, 0.3) is 0 Å². The van der Waals surface area contributed by atoms with Crippen LogP contribution < -0.4 is 0 Å². The van der Waals surface area contributed by atoms with Gasteiger partial charge in [-0.05, 0) is 42.4 Å². The number of rotatable bonds is 7. The van der Waals surface area contributed by atoms with Gasteiger partial charge in [-0.3, -0.25) is 0 Å². The van der Waals surface area contributed by atoms with Crippen molar-refractivity contribution >= 4 is 31.9 Å². The fourth-order valence-corrected chi connectivity index (χ4v) is 3.23. The largest absolute Gasteiger partial charge is 0.0925 e. The summed E-state index contributed by atoms with van der Waals surface area (Å²) in [5.41, 5.74) is 1.44. The van der Waals surface area contributed by atoms with Crippen molar-refractivity contribution < 1.29 is 0 Å². The van der Waals surface area contributed by atoms with E-state index in [0.717, 1.165) is 17.2 Å². The maximum atomic E-state index is 3.67. The Balaban J connectivity index is 2.57. The third-order valence-corrected chi connectivity index (χ3v) is 4.86. The van der Waals surface area contributed by atoms with Gasteiger partial charge in [0, 0.05) is 9.80 Å².